The zero-order valence-corrected chi connectivity index (χ0v) is 11.8. The van der Waals surface area contributed by atoms with Gasteiger partial charge in [0.1, 0.15) is 5.60 Å². The SMILES string of the molecule is O=C1CC[C@@H]2CCCC[C@]2(c2ccccc2CCl)O1. The first-order valence-corrected chi connectivity index (χ1v) is 7.66. The molecule has 0 radical (unpaired) electrons. The minimum Gasteiger partial charge on any atom is -0.454 e. The molecule has 1 saturated heterocycles. The number of halogens is 1. The predicted molar refractivity (Wildman–Crippen MR) is 75.0 cm³/mol. The minimum atomic E-state index is -0.404. The molecule has 0 amide bonds. The zero-order chi connectivity index (χ0) is 13.3. The molecule has 2 fully saturated rings. The Bertz CT molecular complexity index is 485. The number of hydrogen-bond donors (Lipinski definition) is 0. The molecule has 2 nitrogen and oxygen atoms in total. The molecule has 2 aliphatic rings. The smallest absolute Gasteiger partial charge is 0.306 e. The topological polar surface area (TPSA) is 26.3 Å². The van der Waals surface area contributed by atoms with E-state index in [1.165, 1.54) is 6.42 Å². The molecule has 0 bridgehead atoms. The Morgan fingerprint density at radius 3 is 2.95 bits per heavy atom. The molecule has 1 aromatic carbocycles. The van der Waals surface area contributed by atoms with Gasteiger partial charge in [0.2, 0.25) is 0 Å². The minimum absolute atomic E-state index is 0.0532. The third-order valence-electron chi connectivity index (χ3n) is 4.62. The molecule has 0 N–H and O–H groups in total. The summed E-state index contributed by atoms with van der Waals surface area (Å²) in [6.45, 7) is 0. The van der Waals surface area contributed by atoms with Gasteiger partial charge in [-0.25, -0.2) is 0 Å². The van der Waals surface area contributed by atoms with Crippen LogP contribution in [-0.4, -0.2) is 5.97 Å². The Kier molecular flexibility index (Phi) is 3.53. The normalized spacial score (nSPS) is 30.6. The largest absolute Gasteiger partial charge is 0.454 e. The zero-order valence-electron chi connectivity index (χ0n) is 11.0. The number of rotatable bonds is 2. The van der Waals surface area contributed by atoms with Crippen LogP contribution in [0.5, 0.6) is 0 Å². The summed E-state index contributed by atoms with van der Waals surface area (Å²) in [5.74, 6) is 0.883. The fourth-order valence-corrected chi connectivity index (χ4v) is 3.97. The first-order chi connectivity index (χ1) is 9.26. The Balaban J connectivity index is 2.08. The molecule has 1 aliphatic carbocycles. The molecule has 3 rings (SSSR count). The summed E-state index contributed by atoms with van der Waals surface area (Å²) in [5, 5.41) is 0. The van der Waals surface area contributed by atoms with Gasteiger partial charge in [-0.15, -0.1) is 11.6 Å². The molecule has 0 unspecified atom stereocenters. The lowest BCUT2D eigenvalue weighted by Crippen LogP contribution is -2.46. The van der Waals surface area contributed by atoms with Gasteiger partial charge in [-0.3, -0.25) is 4.79 Å². The Morgan fingerprint density at radius 2 is 2.11 bits per heavy atom. The third kappa shape index (κ3) is 2.16. The van der Waals surface area contributed by atoms with Crippen molar-refractivity contribution in [2.75, 3.05) is 0 Å². The van der Waals surface area contributed by atoms with Crippen LogP contribution in [0.25, 0.3) is 0 Å². The van der Waals surface area contributed by atoms with Crippen LogP contribution in [0.4, 0.5) is 0 Å². The molecule has 1 aromatic rings. The summed E-state index contributed by atoms with van der Waals surface area (Å²) in [7, 11) is 0. The summed E-state index contributed by atoms with van der Waals surface area (Å²) >= 11 is 6.08. The van der Waals surface area contributed by atoms with Gasteiger partial charge in [0, 0.05) is 23.8 Å². The molecule has 0 spiro atoms. The van der Waals surface area contributed by atoms with Crippen LogP contribution in [0.1, 0.15) is 49.7 Å². The molecular weight excluding hydrogens is 260 g/mol. The van der Waals surface area contributed by atoms with Crippen LogP contribution in [0, 0.1) is 5.92 Å². The van der Waals surface area contributed by atoms with Crippen LogP contribution in [0.2, 0.25) is 0 Å². The van der Waals surface area contributed by atoms with E-state index in [0.717, 1.165) is 36.8 Å². The van der Waals surface area contributed by atoms with E-state index in [9.17, 15) is 4.79 Å². The monoisotopic (exact) mass is 278 g/mol. The van der Waals surface area contributed by atoms with Crippen LogP contribution in [0.15, 0.2) is 24.3 Å². The van der Waals surface area contributed by atoms with Crippen molar-refractivity contribution in [3.05, 3.63) is 35.4 Å². The number of alkyl halides is 1. The van der Waals surface area contributed by atoms with Gasteiger partial charge in [-0.1, -0.05) is 30.7 Å². The quantitative estimate of drug-likeness (QED) is 0.600. The summed E-state index contributed by atoms with van der Waals surface area (Å²) < 4.78 is 5.91. The molecule has 2 atom stereocenters. The molecule has 1 saturated carbocycles. The number of ether oxygens (including phenoxy) is 1. The van der Waals surface area contributed by atoms with Gasteiger partial charge < -0.3 is 4.74 Å². The molecule has 1 aliphatic heterocycles. The van der Waals surface area contributed by atoms with Gasteiger partial charge in [0.15, 0.2) is 0 Å². The Morgan fingerprint density at radius 1 is 1.26 bits per heavy atom. The molecule has 0 aromatic heterocycles. The maximum Gasteiger partial charge on any atom is 0.306 e. The standard InChI is InChI=1S/C16H19ClO2/c17-11-12-5-1-2-7-14(12)16-10-4-3-6-13(16)8-9-15(18)19-16/h1-2,5,7,13H,3-4,6,8-11H2/t13-,16-/m0/s1. The van der Waals surface area contributed by atoms with E-state index in [0.29, 0.717) is 18.2 Å². The summed E-state index contributed by atoms with van der Waals surface area (Å²) in [6.07, 6.45) is 5.99. The first kappa shape index (κ1) is 13.0. The lowest BCUT2D eigenvalue weighted by Gasteiger charge is -2.47. The lowest BCUT2D eigenvalue weighted by atomic mass is 9.67. The number of fused-ring (bicyclic) bond motifs is 1. The van der Waals surface area contributed by atoms with Crippen molar-refractivity contribution in [1.29, 1.82) is 0 Å². The number of hydrogen-bond acceptors (Lipinski definition) is 2. The predicted octanol–water partition coefficient (Wildman–Crippen LogP) is 4.15. The molecule has 1 heterocycles. The average molecular weight is 279 g/mol. The van der Waals surface area contributed by atoms with Gasteiger partial charge in [0.05, 0.1) is 0 Å². The van der Waals surface area contributed by atoms with Crippen molar-refractivity contribution in [3.8, 4) is 0 Å². The average Bonchev–Trinajstić information content (AvgIpc) is 2.47. The van der Waals surface area contributed by atoms with E-state index in [4.69, 9.17) is 16.3 Å². The first-order valence-electron chi connectivity index (χ1n) is 7.12. The second kappa shape index (κ2) is 5.16. The molecule has 3 heteroatoms. The van der Waals surface area contributed by atoms with Crippen molar-refractivity contribution < 1.29 is 9.53 Å². The highest BCUT2D eigenvalue weighted by Gasteiger charge is 2.48. The molecule has 102 valence electrons. The number of carbonyl (C=O) groups is 1. The van der Waals surface area contributed by atoms with Crippen LogP contribution in [-0.2, 0) is 21.0 Å². The van der Waals surface area contributed by atoms with Gasteiger partial charge in [0.25, 0.3) is 0 Å². The maximum atomic E-state index is 11.8. The fourth-order valence-electron chi connectivity index (χ4n) is 3.73. The highest BCUT2D eigenvalue weighted by atomic mass is 35.5. The Labute approximate surface area is 119 Å². The number of carbonyl (C=O) groups excluding carboxylic acids is 1. The van der Waals surface area contributed by atoms with E-state index < -0.39 is 5.60 Å². The van der Waals surface area contributed by atoms with Crippen molar-refractivity contribution >= 4 is 17.6 Å². The molecule has 19 heavy (non-hydrogen) atoms. The lowest BCUT2D eigenvalue weighted by molar-refractivity contribution is -0.185. The van der Waals surface area contributed by atoms with Gasteiger partial charge in [-0.05, 0) is 31.2 Å². The summed E-state index contributed by atoms with van der Waals surface area (Å²) in [4.78, 5) is 11.8. The number of esters is 1. The van der Waals surface area contributed by atoms with E-state index in [1.807, 2.05) is 18.2 Å². The van der Waals surface area contributed by atoms with Crippen molar-refractivity contribution in [2.45, 2.75) is 50.0 Å². The number of benzene rings is 1. The van der Waals surface area contributed by atoms with Crippen molar-refractivity contribution in [2.24, 2.45) is 5.92 Å². The Hall–Kier alpha value is -1.02. The summed E-state index contributed by atoms with van der Waals surface area (Å²) in [6, 6.07) is 8.16. The van der Waals surface area contributed by atoms with Crippen LogP contribution < -0.4 is 0 Å². The van der Waals surface area contributed by atoms with E-state index >= 15 is 0 Å². The van der Waals surface area contributed by atoms with Crippen molar-refractivity contribution in [1.82, 2.24) is 0 Å². The maximum absolute atomic E-state index is 11.8. The second-order valence-corrected chi connectivity index (χ2v) is 5.90. The van der Waals surface area contributed by atoms with Gasteiger partial charge >= 0.3 is 5.97 Å². The van der Waals surface area contributed by atoms with E-state index in [1.54, 1.807) is 0 Å². The van der Waals surface area contributed by atoms with E-state index in [-0.39, 0.29) is 5.97 Å². The van der Waals surface area contributed by atoms with E-state index in [2.05, 4.69) is 6.07 Å². The van der Waals surface area contributed by atoms with Crippen molar-refractivity contribution in [3.63, 3.8) is 0 Å². The highest BCUT2D eigenvalue weighted by molar-refractivity contribution is 6.17. The second-order valence-electron chi connectivity index (χ2n) is 5.64. The summed E-state index contributed by atoms with van der Waals surface area (Å²) in [5.41, 5.74) is 1.84. The van der Waals surface area contributed by atoms with Gasteiger partial charge in [-0.2, -0.15) is 0 Å². The fraction of sp³-hybridized carbons (Fsp3) is 0.562. The van der Waals surface area contributed by atoms with Crippen LogP contribution >= 0.6 is 11.6 Å². The van der Waals surface area contributed by atoms with Crippen LogP contribution in [0.3, 0.4) is 0 Å². The highest BCUT2D eigenvalue weighted by Crippen LogP contribution is 2.50. The molecular formula is C16H19ClO2. The third-order valence-corrected chi connectivity index (χ3v) is 4.91.